The lowest BCUT2D eigenvalue weighted by Crippen LogP contribution is -2.70. The van der Waals surface area contributed by atoms with Crippen LogP contribution in [-0.2, 0) is 24.0 Å². The molecule has 0 aromatic carbocycles. The molecular formula is C12H12ClN3O6S. The minimum absolute atomic E-state index is 0.119. The fourth-order valence-corrected chi connectivity index (χ4v) is 3.44. The lowest BCUT2D eigenvalue weighted by molar-refractivity contribution is -0.150. The maximum atomic E-state index is 12.1. The van der Waals surface area contributed by atoms with E-state index in [1.54, 1.807) is 0 Å². The van der Waals surface area contributed by atoms with Gasteiger partial charge >= 0.3 is 5.97 Å². The van der Waals surface area contributed by atoms with Gasteiger partial charge in [-0.05, 0) is 6.08 Å². The maximum Gasteiger partial charge on any atom is 0.352 e. The zero-order valence-electron chi connectivity index (χ0n) is 11.8. The van der Waals surface area contributed by atoms with Gasteiger partial charge < -0.3 is 15.3 Å². The predicted molar refractivity (Wildman–Crippen MR) is 80.9 cm³/mol. The Balaban J connectivity index is 2.11. The number of carboxylic acids is 1. The number of thioether (sulfide) groups is 1. The van der Waals surface area contributed by atoms with Crippen LogP contribution in [0.15, 0.2) is 16.9 Å². The molecule has 23 heavy (non-hydrogen) atoms. The fraction of sp³-hybridized carbons (Fsp3) is 0.417. The zero-order valence-corrected chi connectivity index (χ0v) is 13.4. The van der Waals surface area contributed by atoms with Gasteiger partial charge in [-0.3, -0.25) is 19.3 Å². The van der Waals surface area contributed by atoms with E-state index in [0.29, 0.717) is 5.75 Å². The van der Waals surface area contributed by atoms with Crippen LogP contribution in [0.4, 0.5) is 0 Å². The van der Waals surface area contributed by atoms with Crippen molar-refractivity contribution >= 4 is 52.6 Å². The zero-order chi connectivity index (χ0) is 17.1. The van der Waals surface area contributed by atoms with Crippen molar-refractivity contribution in [3.8, 4) is 0 Å². The van der Waals surface area contributed by atoms with Gasteiger partial charge in [0.15, 0.2) is 0 Å². The van der Waals surface area contributed by atoms with Crippen molar-refractivity contribution < 1.29 is 29.1 Å². The Kier molecular flexibility index (Phi) is 5.26. The molecule has 1 saturated heterocycles. The molecule has 9 nitrogen and oxygen atoms in total. The monoisotopic (exact) mass is 361 g/mol. The van der Waals surface area contributed by atoms with E-state index in [0.717, 1.165) is 12.0 Å². The van der Waals surface area contributed by atoms with Crippen LogP contribution >= 0.6 is 23.4 Å². The summed E-state index contributed by atoms with van der Waals surface area (Å²) < 4.78 is 0. The third kappa shape index (κ3) is 3.17. The van der Waals surface area contributed by atoms with Gasteiger partial charge in [0.2, 0.25) is 11.5 Å². The Hall–Kier alpha value is -2.07. The summed E-state index contributed by atoms with van der Waals surface area (Å²) in [6.07, 6.45) is 1.42. The molecule has 0 saturated carbocycles. The molecule has 2 atom stereocenters. The van der Waals surface area contributed by atoms with Crippen LogP contribution < -0.4 is 5.32 Å². The van der Waals surface area contributed by atoms with Gasteiger partial charge in [0.25, 0.3) is 11.8 Å². The van der Waals surface area contributed by atoms with Gasteiger partial charge in [-0.15, -0.1) is 23.4 Å². The molecule has 0 spiro atoms. The van der Waals surface area contributed by atoms with E-state index < -0.39 is 46.6 Å². The summed E-state index contributed by atoms with van der Waals surface area (Å²) in [4.78, 5) is 52.3. The number of hydrogen-bond acceptors (Lipinski definition) is 7. The molecular weight excluding hydrogens is 350 g/mol. The summed E-state index contributed by atoms with van der Waals surface area (Å²) >= 11 is 6.68. The number of nitrogens with one attached hydrogen (secondary N) is 1. The molecule has 0 aromatic rings. The van der Waals surface area contributed by atoms with Crippen molar-refractivity contribution in [2.75, 3.05) is 18.7 Å². The first-order valence-electron chi connectivity index (χ1n) is 6.31. The van der Waals surface area contributed by atoms with Crippen LogP contribution in [0.25, 0.3) is 0 Å². The number of carbonyl (C=O) groups excluding carboxylic acids is 3. The highest BCUT2D eigenvalue weighted by atomic mass is 35.5. The van der Waals surface area contributed by atoms with Gasteiger partial charge in [-0.2, -0.15) is 0 Å². The van der Waals surface area contributed by atoms with E-state index in [1.165, 1.54) is 17.8 Å². The largest absolute Gasteiger partial charge is 0.477 e. The number of ketones is 1. The molecule has 0 aromatic heterocycles. The summed E-state index contributed by atoms with van der Waals surface area (Å²) in [6.45, 7) is 0. The van der Waals surface area contributed by atoms with E-state index in [4.69, 9.17) is 16.7 Å². The minimum Gasteiger partial charge on any atom is -0.477 e. The molecule has 2 rings (SSSR count). The Morgan fingerprint density at radius 2 is 2.26 bits per heavy atom. The summed E-state index contributed by atoms with van der Waals surface area (Å²) in [5.41, 5.74) is -0.671. The number of hydrogen-bond donors (Lipinski definition) is 2. The first-order chi connectivity index (χ1) is 10.9. The second kappa shape index (κ2) is 7.01. The molecule has 2 N–H and O–H groups in total. The minimum atomic E-state index is -1.22. The molecule has 2 aliphatic heterocycles. The molecule has 124 valence electrons. The average molecular weight is 362 g/mol. The maximum absolute atomic E-state index is 12.1. The molecule has 2 aliphatic rings. The number of Topliss-reactive ketones (excluding diaryl/α,β-unsaturated/α-hetero) is 1. The number of carboxylic acid groups (broad SMARTS) is 1. The van der Waals surface area contributed by atoms with Crippen molar-refractivity contribution in [3.63, 3.8) is 0 Å². The number of amides is 2. The summed E-state index contributed by atoms with van der Waals surface area (Å²) in [6, 6.07) is -0.944. The van der Waals surface area contributed by atoms with Gasteiger partial charge in [-0.25, -0.2) is 4.79 Å². The quantitative estimate of drug-likeness (QED) is 0.208. The van der Waals surface area contributed by atoms with E-state index in [9.17, 15) is 19.2 Å². The third-order valence-corrected chi connectivity index (χ3v) is 4.56. The summed E-state index contributed by atoms with van der Waals surface area (Å²) in [5, 5.41) is 14.2. The number of rotatable bonds is 6. The normalized spacial score (nSPS) is 23.4. The third-order valence-electron chi connectivity index (χ3n) is 3.14. The highest BCUT2D eigenvalue weighted by Gasteiger charge is 2.53. The van der Waals surface area contributed by atoms with E-state index in [2.05, 4.69) is 15.3 Å². The highest BCUT2D eigenvalue weighted by molar-refractivity contribution is 8.00. The Labute approximate surface area is 139 Å². The van der Waals surface area contributed by atoms with Crippen LogP contribution in [0.2, 0.25) is 0 Å². The lowest BCUT2D eigenvalue weighted by Gasteiger charge is -2.48. The standard InChI is InChI=1S/C12H12ClN3O6S/c1-22-15-7(6(17)4-13)9(18)14-8-10(19)16-5(12(20)21)2-3-23-11(8)16/h2,8,11H,3-4H2,1H3,(H,14,18)(H,20,21)/t8?,11-/m1/s1. The van der Waals surface area contributed by atoms with Gasteiger partial charge in [0.05, 0.1) is 5.88 Å². The number of alkyl halides is 1. The number of oxime groups is 1. The molecule has 0 bridgehead atoms. The van der Waals surface area contributed by atoms with Gasteiger partial charge in [0, 0.05) is 5.75 Å². The van der Waals surface area contributed by atoms with Gasteiger partial charge in [-0.1, -0.05) is 5.16 Å². The van der Waals surface area contributed by atoms with Crippen molar-refractivity contribution in [3.05, 3.63) is 11.8 Å². The lowest BCUT2D eigenvalue weighted by atomic mass is 10.0. The molecule has 1 unspecified atom stereocenters. The predicted octanol–water partition coefficient (Wildman–Crippen LogP) is -0.835. The molecule has 0 radical (unpaired) electrons. The number of nitrogens with zero attached hydrogens (tertiary/aromatic N) is 2. The molecule has 11 heteroatoms. The first kappa shape index (κ1) is 17.3. The van der Waals surface area contributed by atoms with E-state index in [1.807, 2.05) is 0 Å². The van der Waals surface area contributed by atoms with E-state index >= 15 is 0 Å². The number of halogens is 1. The molecule has 1 fully saturated rings. The molecule has 0 aliphatic carbocycles. The van der Waals surface area contributed by atoms with Crippen molar-refractivity contribution in [2.24, 2.45) is 5.16 Å². The summed E-state index contributed by atoms with van der Waals surface area (Å²) in [5.74, 6) is -3.52. The first-order valence-corrected chi connectivity index (χ1v) is 7.90. The highest BCUT2D eigenvalue weighted by Crippen LogP contribution is 2.37. The fourth-order valence-electron chi connectivity index (χ4n) is 2.12. The van der Waals surface area contributed by atoms with Crippen LogP contribution in [-0.4, -0.2) is 69.4 Å². The van der Waals surface area contributed by atoms with Gasteiger partial charge in [0.1, 0.15) is 24.2 Å². The van der Waals surface area contributed by atoms with Crippen molar-refractivity contribution in [1.82, 2.24) is 10.2 Å². The SMILES string of the molecule is CON=C(C(=O)CCl)C(=O)NC1C(=O)N2C(C(=O)O)=CCS[C@H]12. The van der Waals surface area contributed by atoms with Crippen LogP contribution in [0.5, 0.6) is 0 Å². The van der Waals surface area contributed by atoms with Crippen LogP contribution in [0.1, 0.15) is 0 Å². The second-order valence-electron chi connectivity index (χ2n) is 4.46. The average Bonchev–Trinajstić information content (AvgIpc) is 2.55. The van der Waals surface area contributed by atoms with Crippen molar-refractivity contribution in [1.29, 1.82) is 0 Å². The number of fused-ring (bicyclic) bond motifs is 1. The number of β-lactam (4-membered cyclic amide) rings is 1. The second-order valence-corrected chi connectivity index (χ2v) is 5.87. The Bertz CT molecular complexity index is 634. The summed E-state index contributed by atoms with van der Waals surface area (Å²) in [7, 11) is 1.16. The molecule has 2 heterocycles. The van der Waals surface area contributed by atoms with E-state index in [-0.39, 0.29) is 5.70 Å². The Morgan fingerprint density at radius 1 is 1.57 bits per heavy atom. The van der Waals surface area contributed by atoms with Crippen LogP contribution in [0, 0.1) is 0 Å². The number of aliphatic carboxylic acids is 1. The topological polar surface area (TPSA) is 125 Å². The molecule has 2 amide bonds. The van der Waals surface area contributed by atoms with Crippen molar-refractivity contribution in [2.45, 2.75) is 11.4 Å². The smallest absolute Gasteiger partial charge is 0.352 e. The van der Waals surface area contributed by atoms with Crippen LogP contribution in [0.3, 0.4) is 0 Å². The number of carbonyl (C=O) groups is 4. The Morgan fingerprint density at radius 3 is 2.83 bits per heavy atom.